The first kappa shape index (κ1) is 24.4. The maximum absolute atomic E-state index is 13.6. The number of rotatable bonds is 7. The first-order valence-electron chi connectivity index (χ1n) is 11.4. The Morgan fingerprint density at radius 2 is 1.71 bits per heavy atom. The van der Waals surface area contributed by atoms with E-state index in [4.69, 9.17) is 16.3 Å². The van der Waals surface area contributed by atoms with Crippen LogP contribution in [0.25, 0.3) is 21.9 Å². The molecule has 0 aliphatic rings. The fourth-order valence-electron chi connectivity index (χ4n) is 4.12. The van der Waals surface area contributed by atoms with Crippen molar-refractivity contribution in [2.24, 2.45) is 5.92 Å². The fraction of sp³-hybridized carbons (Fsp3) is 0.214. The summed E-state index contributed by atoms with van der Waals surface area (Å²) in [7, 11) is 1.45. The van der Waals surface area contributed by atoms with Gasteiger partial charge >= 0.3 is 6.09 Å². The van der Waals surface area contributed by atoms with Gasteiger partial charge in [0.2, 0.25) is 0 Å². The zero-order valence-corrected chi connectivity index (χ0v) is 20.6. The third-order valence-electron chi connectivity index (χ3n) is 5.75. The highest BCUT2D eigenvalue weighted by Crippen LogP contribution is 2.38. The van der Waals surface area contributed by atoms with Crippen molar-refractivity contribution in [2.75, 3.05) is 11.9 Å². The van der Waals surface area contributed by atoms with Gasteiger partial charge in [-0.25, -0.2) is 4.79 Å². The number of ether oxygens (including phenoxy) is 1. The molecule has 0 saturated heterocycles. The van der Waals surface area contributed by atoms with Crippen LogP contribution in [-0.4, -0.2) is 22.8 Å². The normalized spacial score (nSPS) is 11.1. The molecule has 0 atom stereocenters. The molecule has 4 rings (SSSR count). The van der Waals surface area contributed by atoms with Gasteiger partial charge in [0.05, 0.1) is 0 Å². The van der Waals surface area contributed by atoms with Crippen LogP contribution in [0.2, 0.25) is 5.02 Å². The molecule has 1 N–H and O–H groups in total. The number of aromatic nitrogens is 1. The molecule has 0 radical (unpaired) electrons. The Bertz CT molecular complexity index is 1410. The van der Waals surface area contributed by atoms with Gasteiger partial charge in [-0.2, -0.15) is 0 Å². The largest absolute Gasteiger partial charge is 0.489 e. The lowest BCUT2D eigenvalue weighted by molar-refractivity contribution is 0.203. The molecule has 0 unspecified atom stereocenters. The maximum atomic E-state index is 13.6. The average molecular weight is 491 g/mol. The van der Waals surface area contributed by atoms with Gasteiger partial charge in [0.15, 0.2) is 0 Å². The van der Waals surface area contributed by atoms with Gasteiger partial charge in [-0.15, -0.1) is 0 Å². The molecule has 0 aliphatic carbocycles. The van der Waals surface area contributed by atoms with Crippen molar-refractivity contribution >= 4 is 34.3 Å². The Balaban J connectivity index is 1.99. The van der Waals surface area contributed by atoms with Crippen molar-refractivity contribution in [3.63, 3.8) is 0 Å². The number of amides is 1. The third-order valence-corrected chi connectivity index (χ3v) is 6.00. The van der Waals surface area contributed by atoms with Gasteiger partial charge in [-0.1, -0.05) is 67.9 Å². The van der Waals surface area contributed by atoms with Crippen LogP contribution in [0.4, 0.5) is 10.6 Å². The SMILES string of the molecule is CC(C)Cn1c(N(C)C(=O)O)c(-c2ccc(Cl)cc2)c2cc(OCc3ccccc3)ccc2c1=O. The molecule has 180 valence electrons. The summed E-state index contributed by atoms with van der Waals surface area (Å²) in [5.74, 6) is 1.02. The summed E-state index contributed by atoms with van der Waals surface area (Å²) in [4.78, 5) is 26.8. The second-order valence-electron chi connectivity index (χ2n) is 8.84. The number of hydrogen-bond donors (Lipinski definition) is 1. The third kappa shape index (κ3) is 5.17. The van der Waals surface area contributed by atoms with Crippen LogP contribution in [0.5, 0.6) is 5.75 Å². The van der Waals surface area contributed by atoms with Crippen molar-refractivity contribution in [3.8, 4) is 16.9 Å². The molecule has 3 aromatic carbocycles. The van der Waals surface area contributed by atoms with Crippen LogP contribution in [0.1, 0.15) is 19.4 Å². The van der Waals surface area contributed by atoms with E-state index in [0.717, 1.165) is 16.0 Å². The predicted octanol–water partition coefficient (Wildman–Crippen LogP) is 6.67. The first-order chi connectivity index (χ1) is 16.8. The van der Waals surface area contributed by atoms with Gasteiger partial charge in [0, 0.05) is 35.0 Å². The number of benzene rings is 3. The smallest absolute Gasteiger partial charge is 0.412 e. The van der Waals surface area contributed by atoms with E-state index in [0.29, 0.717) is 46.1 Å². The Morgan fingerprint density at radius 1 is 1.03 bits per heavy atom. The molecule has 1 amide bonds. The first-order valence-corrected chi connectivity index (χ1v) is 11.7. The van der Waals surface area contributed by atoms with Crippen LogP contribution in [0, 0.1) is 5.92 Å². The molecule has 0 fully saturated rings. The quantitative estimate of drug-likeness (QED) is 0.314. The molecule has 35 heavy (non-hydrogen) atoms. The van der Waals surface area contributed by atoms with E-state index < -0.39 is 6.09 Å². The van der Waals surface area contributed by atoms with E-state index in [9.17, 15) is 14.7 Å². The highest BCUT2D eigenvalue weighted by molar-refractivity contribution is 6.30. The summed E-state index contributed by atoms with van der Waals surface area (Å²) in [5.41, 5.74) is 2.15. The summed E-state index contributed by atoms with van der Waals surface area (Å²) in [6.45, 7) is 4.72. The summed E-state index contributed by atoms with van der Waals surface area (Å²) < 4.78 is 7.58. The number of halogens is 1. The highest BCUT2D eigenvalue weighted by atomic mass is 35.5. The van der Waals surface area contributed by atoms with Crippen molar-refractivity contribution in [3.05, 3.63) is 93.7 Å². The van der Waals surface area contributed by atoms with E-state index in [1.54, 1.807) is 28.8 Å². The summed E-state index contributed by atoms with van der Waals surface area (Å²) in [6.07, 6.45) is -1.16. The predicted molar refractivity (Wildman–Crippen MR) is 141 cm³/mol. The van der Waals surface area contributed by atoms with Crippen LogP contribution < -0.4 is 15.2 Å². The number of hydrogen-bond acceptors (Lipinski definition) is 3. The monoisotopic (exact) mass is 490 g/mol. The molecule has 6 nitrogen and oxygen atoms in total. The Kier molecular flexibility index (Phi) is 7.12. The lowest BCUT2D eigenvalue weighted by Gasteiger charge is -2.26. The van der Waals surface area contributed by atoms with Gasteiger partial charge in [0.25, 0.3) is 5.56 Å². The minimum absolute atomic E-state index is 0.123. The number of pyridine rings is 1. The molecule has 4 aromatic rings. The van der Waals surface area contributed by atoms with Crippen LogP contribution >= 0.6 is 11.6 Å². The van der Waals surface area contributed by atoms with E-state index in [1.807, 2.05) is 62.4 Å². The van der Waals surface area contributed by atoms with E-state index >= 15 is 0 Å². The fourth-order valence-corrected chi connectivity index (χ4v) is 4.25. The number of fused-ring (bicyclic) bond motifs is 1. The Labute approximate surface area is 209 Å². The summed E-state index contributed by atoms with van der Waals surface area (Å²) in [6, 6.07) is 22.3. The number of nitrogens with zero attached hydrogens (tertiary/aromatic N) is 2. The van der Waals surface area contributed by atoms with E-state index in [1.165, 1.54) is 7.05 Å². The summed E-state index contributed by atoms with van der Waals surface area (Å²) >= 11 is 6.14. The molecule has 0 spiro atoms. The lowest BCUT2D eigenvalue weighted by Crippen LogP contribution is -2.34. The van der Waals surface area contributed by atoms with Crippen molar-refractivity contribution in [1.82, 2.24) is 4.57 Å². The van der Waals surface area contributed by atoms with Gasteiger partial charge in [-0.3, -0.25) is 14.3 Å². The molecular formula is C28H27ClN2O4. The molecule has 0 aliphatic heterocycles. The molecule has 0 saturated carbocycles. The minimum atomic E-state index is -1.16. The van der Waals surface area contributed by atoms with Crippen LogP contribution in [-0.2, 0) is 13.2 Å². The van der Waals surface area contributed by atoms with E-state index in [-0.39, 0.29) is 11.5 Å². The van der Waals surface area contributed by atoms with Gasteiger partial charge in [-0.05, 0) is 47.4 Å². The standard InChI is InChI=1S/C28H27ClN2O4/c1-18(2)16-31-26(30(3)28(33)34)25(20-9-11-21(29)12-10-20)24-15-22(13-14-23(24)27(31)32)35-17-19-7-5-4-6-8-19/h4-15,18H,16-17H2,1-3H3,(H,33,34). The highest BCUT2D eigenvalue weighted by Gasteiger charge is 2.25. The second-order valence-corrected chi connectivity index (χ2v) is 9.27. The van der Waals surface area contributed by atoms with Gasteiger partial charge < -0.3 is 9.84 Å². The maximum Gasteiger partial charge on any atom is 0.412 e. The van der Waals surface area contributed by atoms with Crippen LogP contribution in [0.15, 0.2) is 77.6 Å². The molecule has 0 bridgehead atoms. The zero-order chi connectivity index (χ0) is 25.1. The van der Waals surface area contributed by atoms with Crippen molar-refractivity contribution < 1.29 is 14.6 Å². The lowest BCUT2D eigenvalue weighted by atomic mass is 9.98. The molecular weight excluding hydrogens is 464 g/mol. The summed E-state index contributed by atoms with van der Waals surface area (Å²) in [5, 5.41) is 11.6. The average Bonchev–Trinajstić information content (AvgIpc) is 2.84. The number of anilines is 1. The minimum Gasteiger partial charge on any atom is -0.489 e. The number of carboxylic acid groups (broad SMARTS) is 1. The molecule has 1 heterocycles. The van der Waals surface area contributed by atoms with Crippen molar-refractivity contribution in [1.29, 1.82) is 0 Å². The second kappa shape index (κ2) is 10.2. The molecule has 7 heteroatoms. The van der Waals surface area contributed by atoms with Gasteiger partial charge in [0.1, 0.15) is 18.2 Å². The van der Waals surface area contributed by atoms with E-state index in [2.05, 4.69) is 0 Å². The Morgan fingerprint density at radius 3 is 2.34 bits per heavy atom. The topological polar surface area (TPSA) is 71.8 Å². The Hall–Kier alpha value is -3.77. The molecule has 1 aromatic heterocycles. The number of carbonyl (C=O) groups is 1. The van der Waals surface area contributed by atoms with Crippen LogP contribution in [0.3, 0.4) is 0 Å². The zero-order valence-electron chi connectivity index (χ0n) is 19.9. The van der Waals surface area contributed by atoms with Crippen molar-refractivity contribution in [2.45, 2.75) is 27.0 Å².